The fourth-order valence-corrected chi connectivity index (χ4v) is 3.91. The summed E-state index contributed by atoms with van der Waals surface area (Å²) in [4.78, 5) is 30.7. The molecule has 3 rings (SSSR count). The topological polar surface area (TPSA) is 71.5 Å². The summed E-state index contributed by atoms with van der Waals surface area (Å²) in [6, 6.07) is 10.0. The van der Waals surface area contributed by atoms with Crippen LogP contribution in [0.5, 0.6) is 0 Å². The van der Waals surface area contributed by atoms with Crippen LogP contribution < -0.4 is 10.2 Å². The van der Waals surface area contributed by atoms with Crippen molar-refractivity contribution < 1.29 is 14.3 Å². The summed E-state index contributed by atoms with van der Waals surface area (Å²) < 4.78 is 5.39. The van der Waals surface area contributed by atoms with E-state index in [0.29, 0.717) is 19.4 Å². The van der Waals surface area contributed by atoms with Gasteiger partial charge >= 0.3 is 5.97 Å². The molecule has 1 aromatic heterocycles. The molecule has 0 fully saturated rings. The van der Waals surface area contributed by atoms with E-state index in [0.717, 1.165) is 28.2 Å². The molecule has 1 heterocycles. The first-order valence-electron chi connectivity index (χ1n) is 9.65. The van der Waals surface area contributed by atoms with Crippen molar-refractivity contribution in [3.63, 3.8) is 0 Å². The van der Waals surface area contributed by atoms with Gasteiger partial charge in [-0.05, 0) is 56.5 Å². The lowest BCUT2D eigenvalue weighted by Crippen LogP contribution is -2.29. The van der Waals surface area contributed by atoms with Gasteiger partial charge in [0.2, 0.25) is 6.41 Å². The maximum Gasteiger partial charge on any atom is 0.310 e. The lowest BCUT2D eigenvalue weighted by molar-refractivity contribution is -0.148. The number of pyridine rings is 1. The Hall–Kier alpha value is -2.89. The van der Waals surface area contributed by atoms with Gasteiger partial charge in [-0.3, -0.25) is 14.6 Å². The molecule has 0 saturated heterocycles. The van der Waals surface area contributed by atoms with Gasteiger partial charge in [0.15, 0.2) is 0 Å². The molecule has 2 unspecified atom stereocenters. The Bertz CT molecular complexity index is 866. The number of anilines is 2. The van der Waals surface area contributed by atoms with E-state index in [1.807, 2.05) is 44.3 Å². The number of nitrogens with zero attached hydrogens (tertiary/aromatic N) is 2. The van der Waals surface area contributed by atoms with Crippen LogP contribution in [0.15, 0.2) is 36.5 Å². The Morgan fingerprint density at radius 2 is 2.14 bits per heavy atom. The number of aromatic nitrogens is 1. The van der Waals surface area contributed by atoms with Gasteiger partial charge in [0.25, 0.3) is 0 Å². The fourth-order valence-electron chi connectivity index (χ4n) is 3.91. The summed E-state index contributed by atoms with van der Waals surface area (Å²) in [5.74, 6) is -0.830. The molecule has 0 spiro atoms. The molecule has 1 N–H and O–H groups in total. The van der Waals surface area contributed by atoms with Crippen molar-refractivity contribution in [3.8, 4) is 0 Å². The normalized spacial score (nSPS) is 17.9. The number of amides is 1. The molecule has 6 heteroatoms. The quantitative estimate of drug-likeness (QED) is 0.588. The van der Waals surface area contributed by atoms with Crippen LogP contribution in [0.4, 0.5) is 11.4 Å². The van der Waals surface area contributed by atoms with Gasteiger partial charge in [-0.25, -0.2) is 0 Å². The number of carbonyl (C=O) groups is 2. The molecule has 0 aliphatic heterocycles. The second kappa shape index (κ2) is 8.42. The monoisotopic (exact) mass is 381 g/mol. The molecule has 0 radical (unpaired) electrons. The maximum atomic E-state index is 12.8. The molecular formula is C22H27N3O3. The number of hydrogen-bond acceptors (Lipinski definition) is 5. The third-order valence-electron chi connectivity index (χ3n) is 5.44. The number of carbonyl (C=O) groups excluding carboxylic acids is 2. The summed E-state index contributed by atoms with van der Waals surface area (Å²) in [6.07, 6.45) is 2.94. The van der Waals surface area contributed by atoms with Crippen molar-refractivity contribution in [2.45, 2.75) is 39.2 Å². The maximum absolute atomic E-state index is 12.8. The van der Waals surface area contributed by atoms with Crippen molar-refractivity contribution in [2.75, 3.05) is 23.9 Å². The largest absolute Gasteiger partial charge is 0.466 e. The molecule has 1 amide bonds. The number of nitrogens with one attached hydrogen (secondary N) is 1. The van der Waals surface area contributed by atoms with Crippen molar-refractivity contribution in [1.82, 2.24) is 4.98 Å². The van der Waals surface area contributed by atoms with Crippen LogP contribution in [0.25, 0.3) is 0 Å². The zero-order valence-electron chi connectivity index (χ0n) is 16.8. The summed E-state index contributed by atoms with van der Waals surface area (Å²) in [6.45, 7) is 6.38. The summed E-state index contributed by atoms with van der Waals surface area (Å²) >= 11 is 0. The third kappa shape index (κ3) is 3.59. The molecule has 28 heavy (non-hydrogen) atoms. The van der Waals surface area contributed by atoms with E-state index in [2.05, 4.69) is 24.1 Å². The molecule has 1 aliphatic rings. The number of fused-ring (bicyclic) bond motifs is 1. The van der Waals surface area contributed by atoms with Crippen molar-refractivity contribution in [1.29, 1.82) is 0 Å². The van der Waals surface area contributed by atoms with Gasteiger partial charge in [-0.2, -0.15) is 0 Å². The average Bonchev–Trinajstić information content (AvgIpc) is 3.08. The lowest BCUT2D eigenvalue weighted by Gasteiger charge is -2.29. The SMILES string of the molecule is CCOC(=O)C1Cc2c(NC=O)cccc2C1c1ncccc1N(C)C(C)C. The summed E-state index contributed by atoms with van der Waals surface area (Å²) in [5, 5.41) is 2.76. The van der Waals surface area contributed by atoms with E-state index in [1.165, 1.54) is 0 Å². The van der Waals surface area contributed by atoms with Crippen LogP contribution in [0.3, 0.4) is 0 Å². The second-order valence-electron chi connectivity index (χ2n) is 7.29. The second-order valence-corrected chi connectivity index (χ2v) is 7.29. The molecule has 0 saturated carbocycles. The number of esters is 1. The molecule has 2 aromatic rings. The van der Waals surface area contributed by atoms with Crippen LogP contribution in [-0.2, 0) is 20.7 Å². The number of benzene rings is 1. The van der Waals surface area contributed by atoms with E-state index in [-0.39, 0.29) is 23.8 Å². The predicted molar refractivity (Wildman–Crippen MR) is 110 cm³/mol. The van der Waals surface area contributed by atoms with E-state index >= 15 is 0 Å². The molecule has 1 aliphatic carbocycles. The Morgan fingerprint density at radius 1 is 1.36 bits per heavy atom. The van der Waals surface area contributed by atoms with Gasteiger partial charge in [0.1, 0.15) is 0 Å². The van der Waals surface area contributed by atoms with Crippen LogP contribution in [0.1, 0.15) is 43.5 Å². The van der Waals surface area contributed by atoms with Crippen LogP contribution in [0, 0.1) is 5.92 Å². The Morgan fingerprint density at radius 3 is 2.82 bits per heavy atom. The smallest absolute Gasteiger partial charge is 0.310 e. The number of rotatable bonds is 7. The van der Waals surface area contributed by atoms with Gasteiger partial charge < -0.3 is 15.0 Å². The first kappa shape index (κ1) is 19.9. The Labute approximate surface area is 165 Å². The molecule has 1 aromatic carbocycles. The molecule has 148 valence electrons. The fraction of sp³-hybridized carbons (Fsp3) is 0.409. The van der Waals surface area contributed by atoms with Gasteiger partial charge in [-0.15, -0.1) is 0 Å². The van der Waals surface area contributed by atoms with Crippen LogP contribution >= 0.6 is 0 Å². The first-order chi connectivity index (χ1) is 13.5. The zero-order valence-corrected chi connectivity index (χ0v) is 16.8. The highest BCUT2D eigenvalue weighted by atomic mass is 16.5. The minimum Gasteiger partial charge on any atom is -0.466 e. The highest BCUT2D eigenvalue weighted by molar-refractivity contribution is 5.81. The number of hydrogen-bond donors (Lipinski definition) is 1. The Kier molecular flexibility index (Phi) is 5.97. The third-order valence-corrected chi connectivity index (χ3v) is 5.44. The summed E-state index contributed by atoms with van der Waals surface area (Å²) in [5.41, 5.74) is 4.58. The van der Waals surface area contributed by atoms with Gasteiger partial charge in [0, 0.05) is 30.9 Å². The molecular weight excluding hydrogens is 354 g/mol. The van der Waals surface area contributed by atoms with Gasteiger partial charge in [0.05, 0.1) is 23.9 Å². The Balaban J connectivity index is 2.16. The average molecular weight is 381 g/mol. The van der Waals surface area contributed by atoms with Crippen LogP contribution in [-0.4, -0.2) is 37.1 Å². The van der Waals surface area contributed by atoms with E-state index in [9.17, 15) is 9.59 Å². The number of ether oxygens (including phenoxy) is 1. The highest BCUT2D eigenvalue weighted by Crippen LogP contribution is 2.47. The van der Waals surface area contributed by atoms with E-state index in [1.54, 1.807) is 6.20 Å². The van der Waals surface area contributed by atoms with Crippen molar-refractivity contribution in [2.24, 2.45) is 5.92 Å². The summed E-state index contributed by atoms with van der Waals surface area (Å²) in [7, 11) is 2.03. The molecule has 2 atom stereocenters. The van der Waals surface area contributed by atoms with Gasteiger partial charge in [-0.1, -0.05) is 12.1 Å². The lowest BCUT2D eigenvalue weighted by atomic mass is 9.87. The highest BCUT2D eigenvalue weighted by Gasteiger charge is 2.42. The first-order valence-corrected chi connectivity index (χ1v) is 9.65. The van der Waals surface area contributed by atoms with E-state index in [4.69, 9.17) is 9.72 Å². The van der Waals surface area contributed by atoms with E-state index < -0.39 is 0 Å². The van der Waals surface area contributed by atoms with Crippen molar-refractivity contribution >= 4 is 23.8 Å². The molecule has 0 bridgehead atoms. The zero-order chi connectivity index (χ0) is 20.3. The standard InChI is InChI=1S/C22H27N3O3/c1-5-28-22(27)17-12-16-15(8-6-9-18(16)24-13-26)20(17)21-19(10-7-11-23-21)25(4)14(2)3/h6-11,13-14,17,20H,5,12H2,1-4H3,(H,24,26). The minimum absolute atomic E-state index is 0.222. The predicted octanol–water partition coefficient (Wildman–Crippen LogP) is 3.36. The van der Waals surface area contributed by atoms with Crippen LogP contribution in [0.2, 0.25) is 0 Å². The molecule has 6 nitrogen and oxygen atoms in total. The van der Waals surface area contributed by atoms with Crippen molar-refractivity contribution in [3.05, 3.63) is 53.3 Å². The minimum atomic E-state index is -0.376.